The molecule has 9 heteroatoms. The molecule has 1 aliphatic rings. The van der Waals surface area contributed by atoms with Crippen molar-refractivity contribution in [1.29, 1.82) is 0 Å². The van der Waals surface area contributed by atoms with Gasteiger partial charge in [0.15, 0.2) is 0 Å². The van der Waals surface area contributed by atoms with Gasteiger partial charge in [0.1, 0.15) is 18.7 Å². The summed E-state index contributed by atoms with van der Waals surface area (Å²) in [6, 6.07) is 7.31. The lowest BCUT2D eigenvalue weighted by Gasteiger charge is -2.24. The maximum absolute atomic E-state index is 12.9. The van der Waals surface area contributed by atoms with E-state index in [9.17, 15) is 19.2 Å². The molecule has 1 aromatic carbocycles. The van der Waals surface area contributed by atoms with Gasteiger partial charge in [-0.2, -0.15) is 0 Å². The Kier molecular flexibility index (Phi) is 9.30. The molecule has 0 radical (unpaired) electrons. The largest absolute Gasteiger partial charge is 0.467 e. The molecule has 9 nitrogen and oxygen atoms in total. The van der Waals surface area contributed by atoms with E-state index in [0.717, 1.165) is 5.56 Å². The van der Waals surface area contributed by atoms with Gasteiger partial charge < -0.3 is 25.4 Å². The average Bonchev–Trinajstić information content (AvgIpc) is 3.15. The van der Waals surface area contributed by atoms with E-state index in [1.807, 2.05) is 44.2 Å². The number of carbonyl (C=O) groups is 4. The Bertz CT molecular complexity index is 768. The zero-order chi connectivity index (χ0) is 22.8. The number of hydrogen-bond acceptors (Lipinski definition) is 6. The molecule has 31 heavy (non-hydrogen) atoms. The molecular formula is C22H31N3O6. The van der Waals surface area contributed by atoms with Crippen molar-refractivity contribution in [2.75, 3.05) is 13.7 Å². The third-order valence-corrected chi connectivity index (χ3v) is 5.01. The monoisotopic (exact) mass is 433 g/mol. The number of hydrogen-bond donors (Lipinski definition) is 3. The quantitative estimate of drug-likeness (QED) is 0.481. The van der Waals surface area contributed by atoms with Gasteiger partial charge in [-0.25, -0.2) is 9.59 Å². The van der Waals surface area contributed by atoms with Gasteiger partial charge >= 0.3 is 12.1 Å². The Balaban J connectivity index is 1.99. The first kappa shape index (κ1) is 24.2. The number of methoxy groups -OCH3 is 1. The van der Waals surface area contributed by atoms with Crippen LogP contribution in [0.4, 0.5) is 4.79 Å². The van der Waals surface area contributed by atoms with Crippen molar-refractivity contribution >= 4 is 23.9 Å². The molecule has 0 aliphatic carbocycles. The molecule has 1 fully saturated rings. The maximum atomic E-state index is 12.9. The number of benzene rings is 1. The summed E-state index contributed by atoms with van der Waals surface area (Å²) in [6.07, 6.45) is 0.345. The molecule has 0 bridgehead atoms. The summed E-state index contributed by atoms with van der Waals surface area (Å²) in [7, 11) is 1.22. The highest BCUT2D eigenvalue weighted by molar-refractivity contribution is 5.90. The normalized spacial score (nSPS) is 17.4. The lowest BCUT2D eigenvalue weighted by atomic mass is 9.97. The van der Waals surface area contributed by atoms with Crippen LogP contribution in [0.1, 0.15) is 38.7 Å². The maximum Gasteiger partial charge on any atom is 0.408 e. The van der Waals surface area contributed by atoms with E-state index in [1.165, 1.54) is 7.11 Å². The zero-order valence-corrected chi connectivity index (χ0v) is 18.2. The fourth-order valence-corrected chi connectivity index (χ4v) is 3.39. The predicted molar refractivity (Wildman–Crippen MR) is 113 cm³/mol. The van der Waals surface area contributed by atoms with Crippen molar-refractivity contribution in [3.63, 3.8) is 0 Å². The Hall–Kier alpha value is -3.10. The third kappa shape index (κ3) is 7.92. The minimum Gasteiger partial charge on any atom is -0.467 e. The summed E-state index contributed by atoms with van der Waals surface area (Å²) in [6.45, 7) is 4.44. The van der Waals surface area contributed by atoms with Gasteiger partial charge in [-0.1, -0.05) is 44.2 Å². The molecule has 1 aromatic rings. The Morgan fingerprint density at radius 1 is 1.13 bits per heavy atom. The van der Waals surface area contributed by atoms with Crippen LogP contribution in [0, 0.1) is 11.8 Å². The molecule has 0 aromatic heterocycles. The highest BCUT2D eigenvalue weighted by atomic mass is 16.5. The smallest absolute Gasteiger partial charge is 0.408 e. The van der Waals surface area contributed by atoms with Gasteiger partial charge in [0.05, 0.1) is 7.11 Å². The van der Waals surface area contributed by atoms with Gasteiger partial charge in [-0.3, -0.25) is 9.59 Å². The fraction of sp³-hybridized carbons (Fsp3) is 0.545. The third-order valence-electron chi connectivity index (χ3n) is 5.01. The van der Waals surface area contributed by atoms with E-state index < -0.39 is 30.1 Å². The number of rotatable bonds is 10. The summed E-state index contributed by atoms with van der Waals surface area (Å²) in [5.41, 5.74) is 0.822. The van der Waals surface area contributed by atoms with Crippen LogP contribution in [0.5, 0.6) is 0 Å². The van der Waals surface area contributed by atoms with Crippen molar-refractivity contribution in [3.8, 4) is 0 Å². The molecule has 0 unspecified atom stereocenters. The Morgan fingerprint density at radius 3 is 2.42 bits per heavy atom. The molecule has 3 atom stereocenters. The summed E-state index contributed by atoms with van der Waals surface area (Å²) in [5, 5.41) is 7.92. The van der Waals surface area contributed by atoms with Gasteiger partial charge in [0, 0.05) is 12.5 Å². The minimum atomic E-state index is -0.983. The van der Waals surface area contributed by atoms with Crippen molar-refractivity contribution in [2.45, 2.75) is 51.8 Å². The van der Waals surface area contributed by atoms with E-state index in [0.29, 0.717) is 19.4 Å². The van der Waals surface area contributed by atoms with E-state index >= 15 is 0 Å². The topological polar surface area (TPSA) is 123 Å². The molecule has 0 saturated carbocycles. The van der Waals surface area contributed by atoms with Crippen molar-refractivity contribution in [1.82, 2.24) is 16.0 Å². The highest BCUT2D eigenvalue weighted by Gasteiger charge is 2.33. The molecule has 3 N–H and O–H groups in total. The van der Waals surface area contributed by atoms with Crippen LogP contribution >= 0.6 is 0 Å². The van der Waals surface area contributed by atoms with Crippen LogP contribution in [-0.2, 0) is 30.5 Å². The van der Waals surface area contributed by atoms with Gasteiger partial charge in [0.25, 0.3) is 0 Å². The van der Waals surface area contributed by atoms with Crippen LogP contribution in [0.25, 0.3) is 0 Å². The lowest BCUT2D eigenvalue weighted by molar-refractivity contribution is -0.146. The standard InChI is InChI=1S/C22H31N3O6/c1-14(2)11-17(25-22(29)31-13-15-7-5-4-6-8-15)20(27)24-18(21(28)30-3)12-16-9-10-23-19(16)26/h4-8,14,16-18H,9-13H2,1-3H3,(H,23,26)(H,24,27)(H,25,29)/t16-,17-,18-/m0/s1. The summed E-state index contributed by atoms with van der Waals surface area (Å²) >= 11 is 0. The molecular weight excluding hydrogens is 402 g/mol. The number of nitrogens with one attached hydrogen (secondary N) is 3. The van der Waals surface area contributed by atoms with Gasteiger partial charge in [-0.05, 0) is 30.7 Å². The second-order valence-corrected chi connectivity index (χ2v) is 7.98. The van der Waals surface area contributed by atoms with Crippen molar-refractivity contribution in [3.05, 3.63) is 35.9 Å². The minimum absolute atomic E-state index is 0.0737. The first-order valence-corrected chi connectivity index (χ1v) is 10.4. The summed E-state index contributed by atoms with van der Waals surface area (Å²) in [4.78, 5) is 49.2. The lowest BCUT2D eigenvalue weighted by Crippen LogP contribution is -2.53. The van der Waals surface area contributed by atoms with Crippen LogP contribution in [0.2, 0.25) is 0 Å². The molecule has 0 spiro atoms. The van der Waals surface area contributed by atoms with Crippen LogP contribution in [0.3, 0.4) is 0 Å². The van der Waals surface area contributed by atoms with Gasteiger partial charge in [-0.15, -0.1) is 0 Å². The first-order valence-electron chi connectivity index (χ1n) is 10.4. The van der Waals surface area contributed by atoms with E-state index in [2.05, 4.69) is 16.0 Å². The number of carbonyl (C=O) groups excluding carboxylic acids is 4. The molecule has 170 valence electrons. The molecule has 3 amide bonds. The van der Waals surface area contributed by atoms with E-state index in [4.69, 9.17) is 9.47 Å². The van der Waals surface area contributed by atoms with Gasteiger partial charge in [0.2, 0.25) is 11.8 Å². The Labute approximate surface area is 182 Å². The summed E-state index contributed by atoms with van der Waals surface area (Å²) in [5.74, 6) is -1.59. The van der Waals surface area contributed by atoms with E-state index in [1.54, 1.807) is 0 Å². The fourth-order valence-electron chi connectivity index (χ4n) is 3.39. The zero-order valence-electron chi connectivity index (χ0n) is 18.2. The number of ether oxygens (including phenoxy) is 2. The second-order valence-electron chi connectivity index (χ2n) is 7.98. The van der Waals surface area contributed by atoms with Crippen LogP contribution in [0.15, 0.2) is 30.3 Å². The molecule has 1 heterocycles. The number of esters is 1. The van der Waals surface area contributed by atoms with Crippen LogP contribution in [-0.4, -0.2) is 49.6 Å². The molecule has 1 saturated heterocycles. The first-order chi connectivity index (χ1) is 14.8. The highest BCUT2D eigenvalue weighted by Crippen LogP contribution is 2.17. The van der Waals surface area contributed by atoms with Crippen LogP contribution < -0.4 is 16.0 Å². The average molecular weight is 434 g/mol. The summed E-state index contributed by atoms with van der Waals surface area (Å²) < 4.78 is 10.0. The number of amides is 3. The second kappa shape index (κ2) is 11.9. The molecule has 2 rings (SSSR count). The Morgan fingerprint density at radius 2 is 1.84 bits per heavy atom. The van der Waals surface area contributed by atoms with Crippen molar-refractivity contribution in [2.24, 2.45) is 11.8 Å². The van der Waals surface area contributed by atoms with E-state index in [-0.39, 0.29) is 30.8 Å². The van der Waals surface area contributed by atoms with Crippen molar-refractivity contribution < 1.29 is 28.7 Å². The predicted octanol–water partition coefficient (Wildman–Crippen LogP) is 1.51. The number of alkyl carbamates (subject to hydrolysis) is 1. The molecule has 1 aliphatic heterocycles. The SMILES string of the molecule is COC(=O)[C@H](C[C@@H]1CCNC1=O)NC(=O)[C@H](CC(C)C)NC(=O)OCc1ccccc1.